The van der Waals surface area contributed by atoms with E-state index < -0.39 is 12.1 Å². The molecule has 30 nitrogen and oxygen atoms in total. The fourth-order valence-corrected chi connectivity index (χ4v) is 5.11. The van der Waals surface area contributed by atoms with Gasteiger partial charge in [0.05, 0.1) is 0 Å². The molecule has 30 heteroatoms. The van der Waals surface area contributed by atoms with Gasteiger partial charge in [-0.05, 0) is 40.0 Å². The van der Waals surface area contributed by atoms with E-state index in [1.807, 2.05) is 6.92 Å². The Bertz CT molecular complexity index is 2810. The summed E-state index contributed by atoms with van der Waals surface area (Å²) in [4.78, 5) is 142. The Labute approximate surface area is 424 Å². The monoisotopic (exact) mass is 1040 g/mol. The molecule has 10 amide bonds. The number of unbranched alkanes of at least 4 members (excludes halogenated alkanes) is 5. The van der Waals surface area contributed by atoms with Gasteiger partial charge in [-0.2, -0.15) is 0 Å². The van der Waals surface area contributed by atoms with Gasteiger partial charge in [0.15, 0.2) is 0 Å². The first-order valence-electron chi connectivity index (χ1n) is 23.3. The number of aryl methyl sites for hydroxylation is 3. The van der Waals surface area contributed by atoms with Crippen LogP contribution < -0.4 is 81.0 Å². The molecule has 0 aliphatic carbocycles. The van der Waals surface area contributed by atoms with Crippen molar-refractivity contribution in [3.05, 3.63) is 112 Å². The summed E-state index contributed by atoms with van der Waals surface area (Å²) < 4.78 is 0. The normalized spacial score (nSPS) is 9.68. The molecule has 0 fully saturated rings. The van der Waals surface area contributed by atoms with E-state index in [0.717, 1.165) is 51.4 Å². The Balaban J connectivity index is 0.000000465. The molecule has 5 aromatic rings. The van der Waals surface area contributed by atoms with Crippen LogP contribution in [0.25, 0.3) is 0 Å². The van der Waals surface area contributed by atoms with E-state index in [9.17, 15) is 47.9 Å². The molecular formula is C44H68N20O10. The van der Waals surface area contributed by atoms with E-state index in [2.05, 4.69) is 117 Å². The fraction of sp³-hybridized carbons (Fsp3) is 0.432. The second-order valence-electron chi connectivity index (χ2n) is 15.1. The SMILES string of the molecule is CCCCCNC(=O)Nc1nc(C)cc(=O)[nH]1.CCCCCNC(=O)Nc1nccc(=O)[nH]1.CCCCNC(=O)Nc1nc(C)cc(=O)[nH]1.CNC(=O)Nc1nc(C)cc(=O)[nH]1.CNC(=O)Nc1nccc(=O)[nH]1. The quantitative estimate of drug-likeness (QED) is 0.0632. The maximum Gasteiger partial charge on any atom is 0.321 e. The van der Waals surface area contributed by atoms with E-state index in [1.54, 1.807) is 20.8 Å². The van der Waals surface area contributed by atoms with Crippen LogP contribution in [0.1, 0.15) is 89.2 Å². The van der Waals surface area contributed by atoms with Crippen molar-refractivity contribution in [2.45, 2.75) is 92.9 Å². The van der Waals surface area contributed by atoms with Crippen LogP contribution in [0.5, 0.6) is 0 Å². The zero-order chi connectivity index (χ0) is 55.3. The van der Waals surface area contributed by atoms with Gasteiger partial charge in [0.2, 0.25) is 29.7 Å². The van der Waals surface area contributed by atoms with Gasteiger partial charge in [-0.15, -0.1) is 0 Å². The Hall–Kier alpha value is -9.25. The van der Waals surface area contributed by atoms with Crippen LogP contribution >= 0.6 is 0 Å². The summed E-state index contributed by atoms with van der Waals surface area (Å²) in [5.41, 5.74) is 0.222. The standard InChI is InChI=1S/C11H18N4O2.2C10H16N4O2.C7H10N4O2.C6H8N4O2/c1-3-4-5-6-12-11(17)15-10-13-8(2)7-9(16)14-10;1-3-4-5-11-10(16)14-9-12-7(2)6-8(15)13-9;1-2-3-4-6-12-10(16)14-9-11-7-5-8(15)13-9;1-4-3-5(12)10-6(9-4)11-7(13)8-2;1-7-6(12)10-5-8-3-2-4(11)9-5/h7H,3-6H2,1-2H3,(H3,12,13,14,15,16,17);6H,3-5H2,1-2H3,(H3,11,12,13,14,15,16);5,7H,2-4,6H2,1H3,(H3,11,12,13,14,15,16);3H,1-2H3,(H3,8,9,10,11,12,13);2-3H,1H3,(H3,7,8,9,10,11,12). The highest BCUT2D eigenvalue weighted by Gasteiger charge is 2.06. The lowest BCUT2D eigenvalue weighted by Crippen LogP contribution is -2.31. The number of hydrogen-bond acceptors (Lipinski definition) is 15. The second-order valence-corrected chi connectivity index (χ2v) is 15.1. The number of amides is 10. The molecule has 0 atom stereocenters. The first-order valence-corrected chi connectivity index (χ1v) is 23.3. The summed E-state index contributed by atoms with van der Waals surface area (Å²) >= 11 is 0. The Morgan fingerprint density at radius 1 is 0.405 bits per heavy atom. The lowest BCUT2D eigenvalue weighted by molar-refractivity contribution is 0.251. The van der Waals surface area contributed by atoms with Crippen LogP contribution in [0.4, 0.5) is 53.7 Å². The molecule has 0 saturated carbocycles. The maximum absolute atomic E-state index is 11.4. The summed E-state index contributed by atoms with van der Waals surface area (Å²) in [7, 11) is 2.94. The third-order valence-electron chi connectivity index (χ3n) is 8.51. The van der Waals surface area contributed by atoms with Gasteiger partial charge in [-0.3, -0.25) is 75.5 Å². The summed E-state index contributed by atoms with van der Waals surface area (Å²) in [5.74, 6) is 0.758. The minimum absolute atomic E-state index is 0.127. The largest absolute Gasteiger partial charge is 0.341 e. The molecule has 0 aliphatic rings. The van der Waals surface area contributed by atoms with E-state index >= 15 is 0 Å². The number of hydrogen-bond donors (Lipinski definition) is 15. The van der Waals surface area contributed by atoms with Gasteiger partial charge in [-0.1, -0.05) is 52.9 Å². The predicted molar refractivity (Wildman–Crippen MR) is 280 cm³/mol. The van der Waals surface area contributed by atoms with Gasteiger partial charge < -0.3 is 26.6 Å². The van der Waals surface area contributed by atoms with Crippen LogP contribution in [-0.2, 0) is 0 Å². The third kappa shape index (κ3) is 31.1. The van der Waals surface area contributed by atoms with Crippen molar-refractivity contribution >= 4 is 59.9 Å². The highest BCUT2D eigenvalue weighted by molar-refractivity contribution is 5.89. The number of H-pyrrole nitrogens is 5. The summed E-state index contributed by atoms with van der Waals surface area (Å²) in [6, 6.07) is 4.69. The number of aromatic nitrogens is 10. The number of carbonyl (C=O) groups excluding carboxylic acids is 5. The average Bonchev–Trinajstić information content (AvgIpc) is 3.32. The molecule has 0 unspecified atom stereocenters. The molecule has 15 N–H and O–H groups in total. The van der Waals surface area contributed by atoms with Crippen molar-refractivity contribution in [2.24, 2.45) is 0 Å². The highest BCUT2D eigenvalue weighted by atomic mass is 16.2. The van der Waals surface area contributed by atoms with E-state index in [0.29, 0.717) is 36.7 Å². The first kappa shape index (κ1) is 62.8. The Morgan fingerprint density at radius 3 is 0.986 bits per heavy atom. The average molecular weight is 1040 g/mol. The molecule has 5 rings (SSSR count). The maximum atomic E-state index is 11.4. The third-order valence-corrected chi connectivity index (χ3v) is 8.51. The summed E-state index contributed by atoms with van der Waals surface area (Å²) in [5, 5.41) is 24.8. The van der Waals surface area contributed by atoms with E-state index in [4.69, 9.17) is 0 Å². The van der Waals surface area contributed by atoms with Crippen molar-refractivity contribution in [3.8, 4) is 0 Å². The number of rotatable bonds is 16. The number of nitrogens with one attached hydrogen (secondary N) is 15. The lowest BCUT2D eigenvalue weighted by atomic mass is 10.2. The van der Waals surface area contributed by atoms with Crippen LogP contribution in [0.3, 0.4) is 0 Å². The van der Waals surface area contributed by atoms with Crippen molar-refractivity contribution in [1.82, 2.24) is 76.4 Å². The number of nitrogens with zero attached hydrogens (tertiary/aromatic N) is 5. The molecule has 0 aliphatic heterocycles. The second kappa shape index (κ2) is 36.7. The summed E-state index contributed by atoms with van der Waals surface area (Å²) in [6.07, 6.45) is 10.9. The molecule has 0 aromatic carbocycles. The van der Waals surface area contributed by atoms with Gasteiger partial charge in [0.25, 0.3) is 27.8 Å². The number of anilines is 5. The zero-order valence-corrected chi connectivity index (χ0v) is 42.6. The topological polar surface area (TPSA) is 434 Å². The number of urea groups is 5. The van der Waals surface area contributed by atoms with Crippen molar-refractivity contribution < 1.29 is 24.0 Å². The fourth-order valence-electron chi connectivity index (χ4n) is 5.11. The predicted octanol–water partition coefficient (Wildman–Crippen LogP) is 2.82. The number of carbonyl (C=O) groups is 5. The van der Waals surface area contributed by atoms with E-state index in [-0.39, 0.29) is 75.6 Å². The molecule has 0 spiro atoms. The van der Waals surface area contributed by atoms with Crippen LogP contribution in [-0.4, -0.2) is 114 Å². The van der Waals surface area contributed by atoms with Gasteiger partial charge >= 0.3 is 30.2 Å². The molecule has 5 heterocycles. The highest BCUT2D eigenvalue weighted by Crippen LogP contribution is 1.99. The molecule has 5 aromatic heterocycles. The van der Waals surface area contributed by atoms with Gasteiger partial charge in [0, 0.05) is 93.5 Å². The van der Waals surface area contributed by atoms with Gasteiger partial charge in [-0.25, -0.2) is 48.9 Å². The first-order chi connectivity index (χ1) is 35.3. The number of aromatic amines is 5. The van der Waals surface area contributed by atoms with Crippen LogP contribution in [0.2, 0.25) is 0 Å². The van der Waals surface area contributed by atoms with Crippen LogP contribution in [0, 0.1) is 20.8 Å². The molecule has 74 heavy (non-hydrogen) atoms. The van der Waals surface area contributed by atoms with Gasteiger partial charge in [0.1, 0.15) is 0 Å². The minimum atomic E-state index is -0.427. The molecule has 404 valence electrons. The molecular weight excluding hydrogens is 969 g/mol. The van der Waals surface area contributed by atoms with E-state index in [1.165, 1.54) is 56.8 Å². The molecule has 0 saturated heterocycles. The Kier molecular flexibility index (Phi) is 31.1. The zero-order valence-electron chi connectivity index (χ0n) is 42.6. The van der Waals surface area contributed by atoms with Crippen molar-refractivity contribution in [3.63, 3.8) is 0 Å². The lowest BCUT2D eigenvalue weighted by Gasteiger charge is -2.06. The van der Waals surface area contributed by atoms with Crippen LogP contribution in [0.15, 0.2) is 66.7 Å². The summed E-state index contributed by atoms with van der Waals surface area (Å²) in [6.45, 7) is 13.1. The van der Waals surface area contributed by atoms with Crippen molar-refractivity contribution in [1.29, 1.82) is 0 Å². The minimum Gasteiger partial charge on any atom is -0.341 e. The Morgan fingerprint density at radius 2 is 0.689 bits per heavy atom. The smallest absolute Gasteiger partial charge is 0.321 e. The van der Waals surface area contributed by atoms with Crippen molar-refractivity contribution in [2.75, 3.05) is 60.3 Å². The molecule has 0 bridgehead atoms. The molecule has 0 radical (unpaired) electrons.